The van der Waals surface area contributed by atoms with E-state index in [9.17, 15) is 9.18 Å². The number of anilines is 1. The van der Waals surface area contributed by atoms with E-state index in [-0.39, 0.29) is 17.5 Å². The number of benzene rings is 1. The van der Waals surface area contributed by atoms with Crippen molar-refractivity contribution in [2.75, 3.05) is 25.0 Å². The Hall–Kier alpha value is -2.77. The predicted molar refractivity (Wildman–Crippen MR) is 106 cm³/mol. The van der Waals surface area contributed by atoms with Gasteiger partial charge in [0.25, 0.3) is 5.56 Å². The number of hydrogen-bond donors (Lipinski definition) is 2. The van der Waals surface area contributed by atoms with Crippen LogP contribution in [0, 0.1) is 19.7 Å². The van der Waals surface area contributed by atoms with Crippen molar-refractivity contribution in [2.24, 2.45) is 0 Å². The van der Waals surface area contributed by atoms with Crippen LogP contribution in [0.3, 0.4) is 0 Å². The second-order valence-corrected chi connectivity index (χ2v) is 7.09. The fourth-order valence-electron chi connectivity index (χ4n) is 3.56. The molecule has 1 unspecified atom stereocenters. The zero-order valence-corrected chi connectivity index (χ0v) is 16.0. The number of aromatic nitrogens is 2. The molecule has 0 bridgehead atoms. The third kappa shape index (κ3) is 3.76. The summed E-state index contributed by atoms with van der Waals surface area (Å²) in [4.78, 5) is 17.3. The molecule has 0 aliphatic carbocycles. The molecule has 1 saturated heterocycles. The summed E-state index contributed by atoms with van der Waals surface area (Å²) in [6.45, 7) is 6.36. The molecular formula is C21H23FN4O2. The second kappa shape index (κ2) is 7.69. The van der Waals surface area contributed by atoms with Crippen LogP contribution >= 0.6 is 0 Å². The Morgan fingerprint density at radius 1 is 1.29 bits per heavy atom. The van der Waals surface area contributed by atoms with E-state index in [1.54, 1.807) is 16.5 Å². The number of nitrogens with zero attached hydrogens (tertiary/aromatic N) is 2. The lowest BCUT2D eigenvalue weighted by atomic mass is 10.1. The van der Waals surface area contributed by atoms with Gasteiger partial charge in [-0.3, -0.25) is 9.20 Å². The van der Waals surface area contributed by atoms with Crippen molar-refractivity contribution in [3.05, 3.63) is 75.1 Å². The van der Waals surface area contributed by atoms with Gasteiger partial charge in [-0.25, -0.2) is 9.37 Å². The van der Waals surface area contributed by atoms with Crippen LogP contribution in [-0.4, -0.2) is 29.1 Å². The van der Waals surface area contributed by atoms with Crippen LogP contribution in [0.2, 0.25) is 0 Å². The Morgan fingerprint density at radius 3 is 2.89 bits per heavy atom. The van der Waals surface area contributed by atoms with Crippen molar-refractivity contribution in [1.82, 2.24) is 14.7 Å². The van der Waals surface area contributed by atoms with E-state index in [1.165, 1.54) is 12.1 Å². The average Bonchev–Trinajstić information content (AvgIpc) is 2.67. The number of rotatable bonds is 4. The van der Waals surface area contributed by atoms with Gasteiger partial charge in [0.2, 0.25) is 0 Å². The molecule has 0 radical (unpaired) electrons. The summed E-state index contributed by atoms with van der Waals surface area (Å²) in [5.41, 5.74) is 4.67. The average molecular weight is 382 g/mol. The zero-order valence-electron chi connectivity index (χ0n) is 16.0. The molecule has 1 fully saturated rings. The molecule has 0 amide bonds. The fourth-order valence-corrected chi connectivity index (χ4v) is 3.56. The standard InChI is InChI=1S/C21H23FN4O2/c1-13-7-16(22)3-4-17(13)24-11-15-8-14(2)26-20(9-15)25-18(10-21(26)27)19-12-23-5-6-28-19/h3-4,7-10,19,23-24H,5-6,11-12H2,1-2H3. The van der Waals surface area contributed by atoms with Crippen LogP contribution in [0.1, 0.15) is 28.6 Å². The summed E-state index contributed by atoms with van der Waals surface area (Å²) in [7, 11) is 0. The number of aryl methyl sites for hydroxylation is 2. The Balaban J connectivity index is 1.65. The molecule has 0 saturated carbocycles. The van der Waals surface area contributed by atoms with E-state index in [1.807, 2.05) is 26.0 Å². The SMILES string of the molecule is Cc1cc(F)ccc1NCc1cc(C)n2c(=O)cc(C3CNCCO3)nc2c1. The van der Waals surface area contributed by atoms with E-state index in [0.29, 0.717) is 31.0 Å². The van der Waals surface area contributed by atoms with Crippen LogP contribution in [0.5, 0.6) is 0 Å². The zero-order chi connectivity index (χ0) is 19.7. The first-order valence-electron chi connectivity index (χ1n) is 9.37. The number of halogens is 1. The quantitative estimate of drug-likeness (QED) is 0.726. The second-order valence-electron chi connectivity index (χ2n) is 7.09. The summed E-state index contributed by atoms with van der Waals surface area (Å²) in [5.74, 6) is -0.250. The highest BCUT2D eigenvalue weighted by molar-refractivity contribution is 5.52. The van der Waals surface area contributed by atoms with Gasteiger partial charge < -0.3 is 15.4 Å². The van der Waals surface area contributed by atoms with Gasteiger partial charge in [0.05, 0.1) is 12.3 Å². The van der Waals surface area contributed by atoms with Gasteiger partial charge >= 0.3 is 0 Å². The molecule has 2 N–H and O–H groups in total. The van der Waals surface area contributed by atoms with Gasteiger partial charge in [-0.05, 0) is 55.3 Å². The maximum Gasteiger partial charge on any atom is 0.258 e. The molecule has 1 aromatic carbocycles. The maximum absolute atomic E-state index is 13.3. The molecule has 2 aromatic heterocycles. The van der Waals surface area contributed by atoms with Crippen molar-refractivity contribution < 1.29 is 9.13 Å². The third-order valence-electron chi connectivity index (χ3n) is 4.95. The first kappa shape index (κ1) is 18.6. The number of pyridine rings is 1. The van der Waals surface area contributed by atoms with Crippen LogP contribution in [0.15, 0.2) is 41.2 Å². The summed E-state index contributed by atoms with van der Waals surface area (Å²) >= 11 is 0. The van der Waals surface area contributed by atoms with E-state index >= 15 is 0 Å². The molecule has 0 spiro atoms. The lowest BCUT2D eigenvalue weighted by Gasteiger charge is -2.23. The molecule has 7 heteroatoms. The molecule has 3 heterocycles. The Kier molecular flexibility index (Phi) is 5.11. The smallest absolute Gasteiger partial charge is 0.258 e. The lowest BCUT2D eigenvalue weighted by Crippen LogP contribution is -2.34. The Bertz CT molecular complexity index is 1070. The maximum atomic E-state index is 13.3. The largest absolute Gasteiger partial charge is 0.381 e. The summed E-state index contributed by atoms with van der Waals surface area (Å²) < 4.78 is 20.6. The Morgan fingerprint density at radius 2 is 2.14 bits per heavy atom. The van der Waals surface area contributed by atoms with E-state index < -0.39 is 0 Å². The van der Waals surface area contributed by atoms with E-state index in [0.717, 1.165) is 29.1 Å². The molecule has 1 aliphatic heterocycles. The van der Waals surface area contributed by atoms with E-state index in [4.69, 9.17) is 4.74 Å². The first-order chi connectivity index (χ1) is 13.5. The monoisotopic (exact) mass is 382 g/mol. The topological polar surface area (TPSA) is 67.7 Å². The van der Waals surface area contributed by atoms with E-state index in [2.05, 4.69) is 15.6 Å². The predicted octanol–water partition coefficient (Wildman–Crippen LogP) is 2.72. The molecule has 6 nitrogen and oxygen atoms in total. The van der Waals surface area contributed by atoms with Crippen molar-refractivity contribution in [3.63, 3.8) is 0 Å². The van der Waals surface area contributed by atoms with Crippen molar-refractivity contribution in [3.8, 4) is 0 Å². The summed E-state index contributed by atoms with van der Waals surface area (Å²) in [6, 6.07) is 10.1. The number of ether oxygens (including phenoxy) is 1. The van der Waals surface area contributed by atoms with Crippen molar-refractivity contribution in [1.29, 1.82) is 0 Å². The first-order valence-corrected chi connectivity index (χ1v) is 9.37. The summed E-state index contributed by atoms with van der Waals surface area (Å²) in [5, 5.41) is 6.59. The fraction of sp³-hybridized carbons (Fsp3) is 0.333. The highest BCUT2D eigenvalue weighted by Gasteiger charge is 2.19. The number of morpholine rings is 1. The third-order valence-corrected chi connectivity index (χ3v) is 4.95. The molecule has 1 atom stereocenters. The molecular weight excluding hydrogens is 359 g/mol. The molecule has 3 aromatic rings. The number of hydrogen-bond acceptors (Lipinski definition) is 5. The van der Waals surface area contributed by atoms with Crippen molar-refractivity contribution in [2.45, 2.75) is 26.5 Å². The normalized spacial score (nSPS) is 17.0. The number of nitrogens with one attached hydrogen (secondary N) is 2. The van der Waals surface area contributed by atoms with Gasteiger partial charge in [-0.15, -0.1) is 0 Å². The highest BCUT2D eigenvalue weighted by Crippen LogP contribution is 2.19. The van der Waals surface area contributed by atoms with Gasteiger partial charge in [0.1, 0.15) is 17.6 Å². The molecule has 28 heavy (non-hydrogen) atoms. The highest BCUT2D eigenvalue weighted by atomic mass is 19.1. The van der Waals surface area contributed by atoms with Gasteiger partial charge in [0, 0.05) is 37.1 Å². The Labute approximate surface area is 162 Å². The minimum Gasteiger partial charge on any atom is -0.381 e. The van der Waals surface area contributed by atoms with Crippen molar-refractivity contribution >= 4 is 11.3 Å². The van der Waals surface area contributed by atoms with Crippen LogP contribution in [0.4, 0.5) is 10.1 Å². The van der Waals surface area contributed by atoms with Crippen LogP contribution in [0.25, 0.3) is 5.65 Å². The van der Waals surface area contributed by atoms with Gasteiger partial charge in [-0.1, -0.05) is 0 Å². The lowest BCUT2D eigenvalue weighted by molar-refractivity contribution is 0.0250. The van der Waals surface area contributed by atoms with Crippen LogP contribution in [-0.2, 0) is 11.3 Å². The minimum absolute atomic E-state index is 0.111. The van der Waals surface area contributed by atoms with Crippen LogP contribution < -0.4 is 16.2 Å². The van der Waals surface area contributed by atoms with Gasteiger partial charge in [0.15, 0.2) is 0 Å². The molecule has 4 rings (SSSR count). The van der Waals surface area contributed by atoms with Gasteiger partial charge in [-0.2, -0.15) is 0 Å². The molecule has 146 valence electrons. The minimum atomic E-state index is -0.250. The summed E-state index contributed by atoms with van der Waals surface area (Å²) in [6.07, 6.45) is -0.213. The molecule has 1 aliphatic rings. The number of fused-ring (bicyclic) bond motifs is 1.